The number of hydrogen-bond donors (Lipinski definition) is 1. The maximum Gasteiger partial charge on any atom is 0.254 e. The summed E-state index contributed by atoms with van der Waals surface area (Å²) in [5.41, 5.74) is 9.57. The summed E-state index contributed by atoms with van der Waals surface area (Å²) in [6, 6.07) is 8.43. The van der Waals surface area contributed by atoms with Gasteiger partial charge in [0.25, 0.3) is 5.91 Å². The van der Waals surface area contributed by atoms with E-state index in [1.165, 1.54) is 16.8 Å². The minimum absolute atomic E-state index is 0.100. The quantitative estimate of drug-likeness (QED) is 0.652. The second-order valence-corrected chi connectivity index (χ2v) is 7.08. The number of amides is 1. The number of rotatable bonds is 5. The van der Waals surface area contributed by atoms with Gasteiger partial charge in [-0.15, -0.1) is 0 Å². The van der Waals surface area contributed by atoms with Gasteiger partial charge < -0.3 is 9.30 Å². The molecule has 0 spiro atoms. The molecule has 1 fully saturated rings. The second kappa shape index (κ2) is 8.50. The summed E-state index contributed by atoms with van der Waals surface area (Å²) in [6.45, 7) is 11.7. The van der Waals surface area contributed by atoms with Crippen LogP contribution in [0.3, 0.4) is 0 Å². The molecule has 0 atom stereocenters. The molecule has 0 aliphatic carbocycles. The van der Waals surface area contributed by atoms with Gasteiger partial charge in [-0.25, -0.2) is 5.43 Å². The Labute approximate surface area is 160 Å². The third-order valence-corrected chi connectivity index (χ3v) is 5.00. The maximum atomic E-state index is 12.1. The van der Waals surface area contributed by atoms with Gasteiger partial charge in [-0.05, 0) is 44.9 Å². The first-order chi connectivity index (χ1) is 13.0. The van der Waals surface area contributed by atoms with Gasteiger partial charge in [0.1, 0.15) is 0 Å². The lowest BCUT2D eigenvalue weighted by molar-refractivity contribution is -0.123. The van der Waals surface area contributed by atoms with E-state index in [9.17, 15) is 4.79 Å². The molecule has 2 aromatic rings. The number of nitrogens with one attached hydrogen (secondary N) is 1. The van der Waals surface area contributed by atoms with Gasteiger partial charge in [0.15, 0.2) is 0 Å². The molecule has 1 aliphatic rings. The van der Waals surface area contributed by atoms with E-state index in [0.29, 0.717) is 19.8 Å². The van der Waals surface area contributed by atoms with Crippen molar-refractivity contribution in [3.05, 3.63) is 52.3 Å². The van der Waals surface area contributed by atoms with E-state index in [-0.39, 0.29) is 5.91 Å². The molecule has 3 rings (SSSR count). The maximum absolute atomic E-state index is 12.1. The Balaban J connectivity index is 1.71. The first-order valence-electron chi connectivity index (χ1n) is 9.35. The molecule has 1 aromatic carbocycles. The molecule has 1 aliphatic heterocycles. The highest BCUT2D eigenvalue weighted by molar-refractivity contribution is 5.84. The Morgan fingerprint density at radius 2 is 1.85 bits per heavy atom. The molecular weight excluding hydrogens is 340 g/mol. The van der Waals surface area contributed by atoms with Crippen LogP contribution in [0.5, 0.6) is 0 Å². The zero-order chi connectivity index (χ0) is 19.4. The van der Waals surface area contributed by atoms with Crippen LogP contribution in [-0.2, 0) is 9.53 Å². The zero-order valence-corrected chi connectivity index (χ0v) is 16.6. The molecule has 0 bridgehead atoms. The highest BCUT2D eigenvalue weighted by Crippen LogP contribution is 2.25. The highest BCUT2D eigenvalue weighted by atomic mass is 16.5. The van der Waals surface area contributed by atoms with Gasteiger partial charge in [-0.2, -0.15) is 5.10 Å². The van der Waals surface area contributed by atoms with E-state index < -0.39 is 0 Å². The molecular formula is C21H28N4O2. The number of hydrogen-bond acceptors (Lipinski definition) is 4. The largest absolute Gasteiger partial charge is 0.379 e. The summed E-state index contributed by atoms with van der Waals surface area (Å²) in [7, 11) is 0. The van der Waals surface area contributed by atoms with E-state index in [1.54, 1.807) is 6.21 Å². The summed E-state index contributed by atoms with van der Waals surface area (Å²) in [5.74, 6) is -0.100. The minimum Gasteiger partial charge on any atom is -0.379 e. The van der Waals surface area contributed by atoms with Gasteiger partial charge in [-0.3, -0.25) is 9.69 Å². The normalized spacial score (nSPS) is 15.4. The molecule has 1 amide bonds. The van der Waals surface area contributed by atoms with Crippen molar-refractivity contribution >= 4 is 12.1 Å². The molecule has 0 radical (unpaired) electrons. The first-order valence-corrected chi connectivity index (χ1v) is 9.35. The van der Waals surface area contributed by atoms with Crippen molar-refractivity contribution in [3.63, 3.8) is 0 Å². The Morgan fingerprint density at radius 3 is 2.52 bits per heavy atom. The van der Waals surface area contributed by atoms with Crippen LogP contribution in [0, 0.1) is 27.7 Å². The molecule has 6 heteroatoms. The van der Waals surface area contributed by atoms with E-state index in [0.717, 1.165) is 30.0 Å². The van der Waals surface area contributed by atoms with Crippen LogP contribution >= 0.6 is 0 Å². The number of para-hydroxylation sites is 1. The lowest BCUT2D eigenvalue weighted by Crippen LogP contribution is -2.42. The fourth-order valence-corrected chi connectivity index (χ4v) is 3.59. The van der Waals surface area contributed by atoms with Crippen molar-refractivity contribution < 1.29 is 9.53 Å². The predicted molar refractivity (Wildman–Crippen MR) is 108 cm³/mol. The van der Waals surface area contributed by atoms with Crippen molar-refractivity contribution in [2.45, 2.75) is 27.7 Å². The average molecular weight is 368 g/mol. The molecule has 1 aromatic heterocycles. The molecule has 1 saturated heterocycles. The summed E-state index contributed by atoms with van der Waals surface area (Å²) in [4.78, 5) is 14.1. The number of carbonyl (C=O) groups excluding carboxylic acids is 1. The molecule has 6 nitrogen and oxygen atoms in total. The highest BCUT2D eigenvalue weighted by Gasteiger charge is 2.15. The topological polar surface area (TPSA) is 58.9 Å². The fourth-order valence-electron chi connectivity index (χ4n) is 3.59. The van der Waals surface area contributed by atoms with Crippen LogP contribution in [0.2, 0.25) is 0 Å². The van der Waals surface area contributed by atoms with Gasteiger partial charge in [-0.1, -0.05) is 18.2 Å². The van der Waals surface area contributed by atoms with Crippen LogP contribution in [0.25, 0.3) is 5.69 Å². The number of carbonyl (C=O) groups is 1. The second-order valence-electron chi connectivity index (χ2n) is 7.08. The average Bonchev–Trinajstić information content (AvgIpc) is 2.90. The zero-order valence-electron chi connectivity index (χ0n) is 16.6. The van der Waals surface area contributed by atoms with Crippen molar-refractivity contribution in [1.29, 1.82) is 0 Å². The smallest absolute Gasteiger partial charge is 0.254 e. The first kappa shape index (κ1) is 19.3. The van der Waals surface area contributed by atoms with Crippen LogP contribution in [0.4, 0.5) is 0 Å². The van der Waals surface area contributed by atoms with Gasteiger partial charge in [0.05, 0.1) is 31.7 Å². The number of aromatic nitrogens is 1. The molecule has 1 N–H and O–H groups in total. The number of hydrazone groups is 1. The number of ether oxygens (including phenoxy) is 1. The SMILES string of the molecule is Cc1cccc(C)c1-n1c(C)cc(/C=N/NC(=O)CN2CCOCC2)c1C. The monoisotopic (exact) mass is 368 g/mol. The minimum atomic E-state index is -0.100. The van der Waals surface area contributed by atoms with Crippen LogP contribution in [-0.4, -0.2) is 54.4 Å². The number of morpholine rings is 1. The van der Waals surface area contributed by atoms with Crippen LogP contribution in [0.1, 0.15) is 28.1 Å². The van der Waals surface area contributed by atoms with Crippen LogP contribution < -0.4 is 5.43 Å². The Kier molecular flexibility index (Phi) is 6.08. The van der Waals surface area contributed by atoms with Crippen molar-refractivity contribution in [2.75, 3.05) is 32.8 Å². The molecule has 2 heterocycles. The van der Waals surface area contributed by atoms with Crippen molar-refractivity contribution in [1.82, 2.24) is 14.9 Å². The van der Waals surface area contributed by atoms with Gasteiger partial charge in [0, 0.05) is 30.0 Å². The van der Waals surface area contributed by atoms with Crippen molar-refractivity contribution in [2.24, 2.45) is 5.10 Å². The summed E-state index contributed by atoms with van der Waals surface area (Å²) in [6.07, 6.45) is 1.73. The molecule has 0 unspecified atom stereocenters. The predicted octanol–water partition coefficient (Wildman–Crippen LogP) is 2.49. The van der Waals surface area contributed by atoms with Gasteiger partial charge >= 0.3 is 0 Å². The molecule has 144 valence electrons. The van der Waals surface area contributed by atoms with Gasteiger partial charge in [0.2, 0.25) is 0 Å². The number of benzene rings is 1. The standard InChI is InChI=1S/C21H28N4O2/c1-15-6-5-7-16(2)21(15)25-17(3)12-19(18(25)4)13-22-23-20(26)14-24-8-10-27-11-9-24/h5-7,12-13H,8-11,14H2,1-4H3,(H,23,26)/b22-13+. The Morgan fingerprint density at radius 1 is 1.19 bits per heavy atom. The fraction of sp³-hybridized carbons (Fsp3) is 0.429. The third kappa shape index (κ3) is 4.46. The summed E-state index contributed by atoms with van der Waals surface area (Å²) >= 11 is 0. The van der Waals surface area contributed by atoms with E-state index >= 15 is 0 Å². The number of aryl methyl sites for hydroxylation is 3. The third-order valence-electron chi connectivity index (χ3n) is 5.00. The number of nitrogens with zero attached hydrogens (tertiary/aromatic N) is 3. The summed E-state index contributed by atoms with van der Waals surface area (Å²) < 4.78 is 7.55. The lowest BCUT2D eigenvalue weighted by Gasteiger charge is -2.25. The lowest BCUT2D eigenvalue weighted by atomic mass is 10.1. The molecule has 0 saturated carbocycles. The summed E-state index contributed by atoms with van der Waals surface area (Å²) in [5, 5.41) is 4.17. The van der Waals surface area contributed by atoms with E-state index in [4.69, 9.17) is 4.74 Å². The molecule has 27 heavy (non-hydrogen) atoms. The van der Waals surface area contributed by atoms with E-state index in [1.807, 2.05) is 0 Å². The Hall–Kier alpha value is -2.44. The van der Waals surface area contributed by atoms with Crippen molar-refractivity contribution in [3.8, 4) is 5.69 Å². The Bertz CT molecular complexity index is 828. The van der Waals surface area contributed by atoms with E-state index in [2.05, 4.69) is 72.0 Å². The van der Waals surface area contributed by atoms with Crippen LogP contribution in [0.15, 0.2) is 29.4 Å².